The summed E-state index contributed by atoms with van der Waals surface area (Å²) < 4.78 is 6.17. The van der Waals surface area contributed by atoms with Gasteiger partial charge in [-0.1, -0.05) is 6.92 Å². The van der Waals surface area contributed by atoms with Gasteiger partial charge in [0.15, 0.2) is 0 Å². The van der Waals surface area contributed by atoms with Gasteiger partial charge in [-0.2, -0.15) is 0 Å². The van der Waals surface area contributed by atoms with Crippen LogP contribution < -0.4 is 10.2 Å². The van der Waals surface area contributed by atoms with Crippen LogP contribution in [0.25, 0.3) is 10.2 Å². The molecule has 3 aromatic rings. The van der Waals surface area contributed by atoms with E-state index in [2.05, 4.69) is 10.3 Å². The summed E-state index contributed by atoms with van der Waals surface area (Å²) >= 11 is 1.61. The Morgan fingerprint density at radius 2 is 2.00 bits per heavy atom. The fourth-order valence-electron chi connectivity index (χ4n) is 3.54. The molecule has 2 heterocycles. The van der Waals surface area contributed by atoms with E-state index in [1.165, 1.54) is 0 Å². The first-order chi connectivity index (χ1) is 14.9. The molecule has 1 aromatic heterocycles. The molecule has 1 unspecified atom stereocenters. The van der Waals surface area contributed by atoms with Crippen LogP contribution >= 0.6 is 11.3 Å². The average Bonchev–Trinajstić information content (AvgIpc) is 3.33. The highest BCUT2D eigenvalue weighted by Crippen LogP contribution is 2.30. The van der Waals surface area contributed by atoms with E-state index in [9.17, 15) is 14.4 Å². The van der Waals surface area contributed by atoms with E-state index in [0.29, 0.717) is 24.4 Å². The topological polar surface area (TPSA) is 88.6 Å². The maximum absolute atomic E-state index is 12.7. The number of carbonyl (C=O) groups is 3. The van der Waals surface area contributed by atoms with Crippen LogP contribution in [-0.4, -0.2) is 35.9 Å². The predicted molar refractivity (Wildman–Crippen MR) is 120 cm³/mol. The lowest BCUT2D eigenvalue weighted by atomic mass is 10.1. The molecule has 1 aliphatic rings. The normalized spacial score (nSPS) is 16.0. The lowest BCUT2D eigenvalue weighted by Gasteiger charge is -2.16. The van der Waals surface area contributed by atoms with E-state index in [1.807, 2.05) is 32.0 Å². The molecule has 1 fully saturated rings. The quantitative estimate of drug-likeness (QED) is 0.585. The SMILES string of the molecule is CCCOC(=O)c1ccc(NC(=O)C2CC(=O)N(c3ccc4sc(C)nc4c3)C2)cc1. The van der Waals surface area contributed by atoms with E-state index < -0.39 is 5.92 Å². The minimum absolute atomic E-state index is 0.0829. The summed E-state index contributed by atoms with van der Waals surface area (Å²) in [7, 11) is 0. The van der Waals surface area contributed by atoms with Crippen LogP contribution in [0.15, 0.2) is 42.5 Å². The van der Waals surface area contributed by atoms with Crippen LogP contribution in [0.5, 0.6) is 0 Å². The van der Waals surface area contributed by atoms with Gasteiger partial charge in [0, 0.05) is 24.3 Å². The van der Waals surface area contributed by atoms with Crippen LogP contribution in [-0.2, 0) is 14.3 Å². The summed E-state index contributed by atoms with van der Waals surface area (Å²) in [5.41, 5.74) is 2.62. The molecule has 4 rings (SSSR count). The summed E-state index contributed by atoms with van der Waals surface area (Å²) in [6.07, 6.45) is 0.912. The number of rotatable bonds is 6. The first kappa shape index (κ1) is 21.0. The smallest absolute Gasteiger partial charge is 0.338 e. The minimum atomic E-state index is -0.449. The van der Waals surface area contributed by atoms with Gasteiger partial charge in [0.05, 0.1) is 33.3 Å². The molecule has 1 atom stereocenters. The first-order valence-electron chi connectivity index (χ1n) is 10.2. The van der Waals surface area contributed by atoms with Crippen LogP contribution in [0, 0.1) is 12.8 Å². The Kier molecular flexibility index (Phi) is 5.99. The van der Waals surface area contributed by atoms with Crippen molar-refractivity contribution in [3.8, 4) is 0 Å². The second kappa shape index (κ2) is 8.85. The van der Waals surface area contributed by atoms with Gasteiger partial charge >= 0.3 is 5.97 Å². The number of benzene rings is 2. The number of esters is 1. The number of nitrogens with zero attached hydrogens (tertiary/aromatic N) is 2. The van der Waals surface area contributed by atoms with Gasteiger partial charge in [-0.3, -0.25) is 9.59 Å². The Balaban J connectivity index is 1.40. The largest absolute Gasteiger partial charge is 0.462 e. The molecule has 8 heteroatoms. The zero-order chi connectivity index (χ0) is 22.0. The lowest BCUT2D eigenvalue weighted by Crippen LogP contribution is -2.28. The molecule has 160 valence electrons. The Hall–Kier alpha value is -3.26. The van der Waals surface area contributed by atoms with Gasteiger partial charge in [-0.05, 0) is 55.8 Å². The third kappa shape index (κ3) is 4.59. The monoisotopic (exact) mass is 437 g/mol. The standard InChI is InChI=1S/C23H23N3O4S/c1-3-10-30-23(29)15-4-6-17(7-5-15)25-22(28)16-11-21(27)26(13-16)18-8-9-20-19(12-18)24-14(2)31-20/h4-9,12,16H,3,10-11,13H2,1-2H3,(H,25,28). The summed E-state index contributed by atoms with van der Waals surface area (Å²) in [5, 5.41) is 3.81. The highest BCUT2D eigenvalue weighted by atomic mass is 32.1. The molecule has 0 spiro atoms. The Bertz CT molecular complexity index is 1140. The van der Waals surface area contributed by atoms with Gasteiger partial charge in [0.25, 0.3) is 0 Å². The van der Waals surface area contributed by atoms with Crippen LogP contribution in [0.2, 0.25) is 0 Å². The van der Waals surface area contributed by atoms with Crippen molar-refractivity contribution in [2.45, 2.75) is 26.7 Å². The maximum Gasteiger partial charge on any atom is 0.338 e. The number of ether oxygens (including phenoxy) is 1. The van der Waals surface area contributed by atoms with E-state index in [1.54, 1.807) is 40.5 Å². The van der Waals surface area contributed by atoms with Gasteiger partial charge in [0.2, 0.25) is 11.8 Å². The molecule has 0 radical (unpaired) electrons. The molecule has 1 saturated heterocycles. The van der Waals surface area contributed by atoms with Gasteiger partial charge in [-0.25, -0.2) is 9.78 Å². The Labute approximate surface area is 184 Å². The highest BCUT2D eigenvalue weighted by molar-refractivity contribution is 7.18. The molecule has 2 aromatic carbocycles. The van der Waals surface area contributed by atoms with Crippen molar-refractivity contribution >= 4 is 50.7 Å². The zero-order valence-electron chi connectivity index (χ0n) is 17.4. The van der Waals surface area contributed by atoms with Crippen molar-refractivity contribution < 1.29 is 19.1 Å². The number of fused-ring (bicyclic) bond motifs is 1. The Morgan fingerprint density at radius 1 is 1.23 bits per heavy atom. The third-order valence-corrected chi connectivity index (χ3v) is 6.06. The number of carbonyl (C=O) groups excluding carboxylic acids is 3. The average molecular weight is 438 g/mol. The van der Waals surface area contributed by atoms with Crippen molar-refractivity contribution in [1.82, 2.24) is 4.98 Å². The van der Waals surface area contributed by atoms with Crippen LogP contribution in [0.4, 0.5) is 11.4 Å². The summed E-state index contributed by atoms with van der Waals surface area (Å²) in [4.78, 5) is 43.3. The minimum Gasteiger partial charge on any atom is -0.462 e. The molecular weight excluding hydrogens is 414 g/mol. The van der Waals surface area contributed by atoms with Crippen LogP contribution in [0.1, 0.15) is 35.1 Å². The molecule has 0 aliphatic carbocycles. The maximum atomic E-state index is 12.7. The van der Waals surface area contributed by atoms with E-state index in [-0.39, 0.29) is 24.2 Å². The molecule has 0 bridgehead atoms. The summed E-state index contributed by atoms with van der Waals surface area (Å²) in [6, 6.07) is 12.3. The number of nitrogens with one attached hydrogen (secondary N) is 1. The molecule has 2 amide bonds. The molecular formula is C23H23N3O4S. The van der Waals surface area contributed by atoms with Crippen molar-refractivity contribution in [3.05, 3.63) is 53.0 Å². The van der Waals surface area contributed by atoms with Gasteiger partial charge < -0.3 is 15.0 Å². The number of aromatic nitrogens is 1. The third-order valence-electron chi connectivity index (χ3n) is 5.11. The predicted octanol–water partition coefficient (Wildman–Crippen LogP) is 4.16. The number of hydrogen-bond acceptors (Lipinski definition) is 6. The van der Waals surface area contributed by atoms with Crippen LogP contribution in [0.3, 0.4) is 0 Å². The molecule has 31 heavy (non-hydrogen) atoms. The van der Waals surface area contributed by atoms with Crippen molar-refractivity contribution in [1.29, 1.82) is 0 Å². The molecule has 1 N–H and O–H groups in total. The molecule has 1 aliphatic heterocycles. The second-order valence-electron chi connectivity index (χ2n) is 7.49. The van der Waals surface area contributed by atoms with E-state index >= 15 is 0 Å². The number of hydrogen-bond donors (Lipinski definition) is 1. The highest BCUT2D eigenvalue weighted by Gasteiger charge is 2.35. The first-order valence-corrected chi connectivity index (χ1v) is 11.0. The summed E-state index contributed by atoms with van der Waals surface area (Å²) in [6.45, 7) is 4.57. The zero-order valence-corrected chi connectivity index (χ0v) is 18.2. The van der Waals surface area contributed by atoms with Crippen molar-refractivity contribution in [2.75, 3.05) is 23.4 Å². The lowest BCUT2D eigenvalue weighted by molar-refractivity contribution is -0.122. The molecule has 7 nitrogen and oxygen atoms in total. The number of aryl methyl sites for hydroxylation is 1. The van der Waals surface area contributed by atoms with E-state index in [0.717, 1.165) is 27.3 Å². The van der Waals surface area contributed by atoms with Crippen molar-refractivity contribution in [3.63, 3.8) is 0 Å². The number of amides is 2. The van der Waals surface area contributed by atoms with Gasteiger partial charge in [0.1, 0.15) is 0 Å². The fraction of sp³-hybridized carbons (Fsp3) is 0.304. The Morgan fingerprint density at radius 3 is 2.74 bits per heavy atom. The molecule has 0 saturated carbocycles. The van der Waals surface area contributed by atoms with Gasteiger partial charge in [-0.15, -0.1) is 11.3 Å². The second-order valence-corrected chi connectivity index (χ2v) is 8.73. The fourth-order valence-corrected chi connectivity index (χ4v) is 4.35. The number of anilines is 2. The summed E-state index contributed by atoms with van der Waals surface area (Å²) in [5.74, 6) is -1.14. The number of thiazole rings is 1. The van der Waals surface area contributed by atoms with Crippen molar-refractivity contribution in [2.24, 2.45) is 5.92 Å². The van der Waals surface area contributed by atoms with E-state index in [4.69, 9.17) is 4.74 Å².